The van der Waals surface area contributed by atoms with Crippen LogP contribution in [0.5, 0.6) is 0 Å². The summed E-state index contributed by atoms with van der Waals surface area (Å²) in [6, 6.07) is 0. The summed E-state index contributed by atoms with van der Waals surface area (Å²) in [7, 11) is 0. The quantitative estimate of drug-likeness (QED) is 0.492. The number of nitrogens with one attached hydrogen (secondary N) is 1. The van der Waals surface area contributed by atoms with Gasteiger partial charge in [0.05, 0.1) is 0 Å². The van der Waals surface area contributed by atoms with Crippen molar-refractivity contribution in [3.8, 4) is 0 Å². The maximum Gasteiger partial charge on any atom is 0.225 e. The highest BCUT2D eigenvalue weighted by atomic mass is 16.2. The van der Waals surface area contributed by atoms with E-state index in [2.05, 4.69) is 46.9 Å². The molecule has 0 saturated carbocycles. The fraction of sp³-hybridized carbons (Fsp3) is 0.909. The van der Waals surface area contributed by atoms with Gasteiger partial charge in [-0.25, -0.2) is 0 Å². The molecule has 4 heteroatoms. The number of nitrogens with zero attached hydrogens (tertiary/aromatic N) is 1. The van der Waals surface area contributed by atoms with E-state index < -0.39 is 5.41 Å². The summed E-state index contributed by atoms with van der Waals surface area (Å²) in [6.07, 6.45) is 4.28. The highest BCUT2D eigenvalue weighted by Crippen LogP contribution is 2.33. The van der Waals surface area contributed by atoms with Gasteiger partial charge in [0, 0.05) is 30.5 Å². The molecular formula is C22H44N2O2. The van der Waals surface area contributed by atoms with Crippen LogP contribution in [0.2, 0.25) is 0 Å². The van der Waals surface area contributed by atoms with Gasteiger partial charge in [0.2, 0.25) is 11.8 Å². The Labute approximate surface area is 162 Å². The van der Waals surface area contributed by atoms with E-state index >= 15 is 0 Å². The highest BCUT2D eigenvalue weighted by Gasteiger charge is 2.39. The Kier molecular flexibility index (Phi) is 10.5. The van der Waals surface area contributed by atoms with Crippen molar-refractivity contribution < 1.29 is 9.59 Å². The van der Waals surface area contributed by atoms with Crippen LogP contribution in [-0.2, 0) is 9.59 Å². The smallest absolute Gasteiger partial charge is 0.225 e. The summed E-state index contributed by atoms with van der Waals surface area (Å²) in [5, 5.41) is 3.09. The van der Waals surface area contributed by atoms with Gasteiger partial charge in [0.1, 0.15) is 0 Å². The molecule has 0 rings (SSSR count). The molecule has 0 aliphatic heterocycles. The molecule has 0 heterocycles. The molecule has 0 atom stereocenters. The van der Waals surface area contributed by atoms with Crippen LogP contribution in [0.4, 0.5) is 0 Å². The lowest BCUT2D eigenvalue weighted by Gasteiger charge is -2.43. The predicted octanol–water partition coefficient (Wildman–Crippen LogP) is 5.02. The minimum Gasteiger partial charge on any atom is -0.356 e. The molecule has 0 saturated heterocycles. The molecule has 0 bridgehead atoms. The van der Waals surface area contributed by atoms with E-state index in [0.29, 0.717) is 24.7 Å². The first-order valence-corrected chi connectivity index (χ1v) is 10.4. The molecule has 4 nitrogen and oxygen atoms in total. The van der Waals surface area contributed by atoms with Crippen LogP contribution in [0.15, 0.2) is 0 Å². The van der Waals surface area contributed by atoms with Crippen LogP contribution in [-0.4, -0.2) is 35.3 Å². The Morgan fingerprint density at radius 2 is 1.50 bits per heavy atom. The number of hydrogen-bond donors (Lipinski definition) is 1. The predicted molar refractivity (Wildman–Crippen MR) is 111 cm³/mol. The average Bonchev–Trinajstić information content (AvgIpc) is 2.49. The first-order chi connectivity index (χ1) is 11.8. The number of hydrogen-bond acceptors (Lipinski definition) is 2. The molecule has 0 unspecified atom stereocenters. The summed E-state index contributed by atoms with van der Waals surface area (Å²) in [5.41, 5.74) is -0.855. The van der Waals surface area contributed by atoms with E-state index in [1.807, 2.05) is 25.7 Å². The van der Waals surface area contributed by atoms with Crippen molar-refractivity contribution in [1.82, 2.24) is 10.2 Å². The lowest BCUT2D eigenvalue weighted by atomic mass is 9.78. The fourth-order valence-electron chi connectivity index (χ4n) is 3.55. The van der Waals surface area contributed by atoms with Crippen molar-refractivity contribution in [3.05, 3.63) is 0 Å². The van der Waals surface area contributed by atoms with Gasteiger partial charge in [-0.1, -0.05) is 48.5 Å². The molecular weight excluding hydrogens is 324 g/mol. The summed E-state index contributed by atoms with van der Waals surface area (Å²) in [4.78, 5) is 27.2. The highest BCUT2D eigenvalue weighted by molar-refractivity contribution is 5.82. The Bertz CT molecular complexity index is 439. The van der Waals surface area contributed by atoms with E-state index in [0.717, 1.165) is 32.4 Å². The zero-order valence-corrected chi connectivity index (χ0v) is 18.9. The first-order valence-electron chi connectivity index (χ1n) is 10.4. The lowest BCUT2D eigenvalue weighted by molar-refractivity contribution is -0.141. The normalized spacial score (nSPS) is 12.6. The van der Waals surface area contributed by atoms with E-state index in [1.54, 1.807) is 0 Å². The maximum atomic E-state index is 12.7. The van der Waals surface area contributed by atoms with Gasteiger partial charge in [-0.05, 0) is 51.4 Å². The molecule has 154 valence electrons. The molecule has 2 amide bonds. The summed E-state index contributed by atoms with van der Waals surface area (Å²) >= 11 is 0. The van der Waals surface area contributed by atoms with Crippen molar-refractivity contribution in [2.24, 2.45) is 17.3 Å². The van der Waals surface area contributed by atoms with Gasteiger partial charge >= 0.3 is 0 Å². The molecule has 0 radical (unpaired) electrons. The Morgan fingerprint density at radius 1 is 0.962 bits per heavy atom. The van der Waals surface area contributed by atoms with Crippen LogP contribution in [0, 0.1) is 17.3 Å². The minimum atomic E-state index is -0.508. The topological polar surface area (TPSA) is 49.4 Å². The summed E-state index contributed by atoms with van der Waals surface area (Å²) in [5.74, 6) is 1.47. The van der Waals surface area contributed by atoms with Crippen LogP contribution in [0.3, 0.4) is 0 Å². The van der Waals surface area contributed by atoms with Crippen LogP contribution < -0.4 is 5.32 Å². The van der Waals surface area contributed by atoms with Crippen molar-refractivity contribution >= 4 is 11.8 Å². The summed E-state index contributed by atoms with van der Waals surface area (Å²) in [6.45, 7) is 20.3. The average molecular weight is 369 g/mol. The van der Waals surface area contributed by atoms with Crippen LogP contribution in [0.1, 0.15) is 94.4 Å². The third-order valence-electron chi connectivity index (χ3n) is 5.00. The molecule has 0 fully saturated rings. The molecule has 0 aromatic carbocycles. The van der Waals surface area contributed by atoms with Gasteiger partial charge < -0.3 is 10.2 Å². The SMILES string of the molecule is CCC(=O)N(CCC(C)C)C(C)(C)CC(C)(C)C(=O)NCCCC(C)C. The van der Waals surface area contributed by atoms with Gasteiger partial charge in [-0.15, -0.1) is 0 Å². The van der Waals surface area contributed by atoms with E-state index in [4.69, 9.17) is 0 Å². The van der Waals surface area contributed by atoms with Crippen molar-refractivity contribution in [1.29, 1.82) is 0 Å². The second kappa shape index (κ2) is 10.9. The van der Waals surface area contributed by atoms with Gasteiger partial charge in [0.15, 0.2) is 0 Å². The summed E-state index contributed by atoms with van der Waals surface area (Å²) < 4.78 is 0. The molecule has 0 aromatic rings. The monoisotopic (exact) mass is 368 g/mol. The Hall–Kier alpha value is -1.06. The Morgan fingerprint density at radius 3 is 1.96 bits per heavy atom. The van der Waals surface area contributed by atoms with Gasteiger partial charge in [-0.3, -0.25) is 9.59 Å². The van der Waals surface area contributed by atoms with E-state index in [1.165, 1.54) is 0 Å². The molecule has 0 aromatic heterocycles. The largest absolute Gasteiger partial charge is 0.356 e. The van der Waals surface area contributed by atoms with Crippen molar-refractivity contribution in [3.63, 3.8) is 0 Å². The molecule has 0 spiro atoms. The van der Waals surface area contributed by atoms with Crippen LogP contribution in [0.25, 0.3) is 0 Å². The van der Waals surface area contributed by atoms with Gasteiger partial charge in [-0.2, -0.15) is 0 Å². The fourth-order valence-corrected chi connectivity index (χ4v) is 3.55. The minimum absolute atomic E-state index is 0.0853. The second-order valence-electron chi connectivity index (χ2n) is 9.75. The third-order valence-corrected chi connectivity index (χ3v) is 5.00. The number of rotatable bonds is 12. The standard InChI is InChI=1S/C22H44N2O2/c1-10-19(25)24(15-13-18(4)5)22(8,9)16-21(6,7)20(26)23-14-11-12-17(2)3/h17-18H,10-16H2,1-9H3,(H,23,26). The van der Waals surface area contributed by atoms with Gasteiger partial charge in [0.25, 0.3) is 0 Å². The van der Waals surface area contributed by atoms with Crippen molar-refractivity contribution in [2.45, 2.75) is 100.0 Å². The molecule has 1 N–H and O–H groups in total. The maximum absolute atomic E-state index is 12.7. The second-order valence-corrected chi connectivity index (χ2v) is 9.75. The number of carbonyl (C=O) groups excluding carboxylic acids is 2. The number of amides is 2. The van der Waals surface area contributed by atoms with E-state index in [-0.39, 0.29) is 17.4 Å². The zero-order valence-electron chi connectivity index (χ0n) is 18.9. The first kappa shape index (κ1) is 24.9. The van der Waals surface area contributed by atoms with E-state index in [9.17, 15) is 9.59 Å². The lowest BCUT2D eigenvalue weighted by Crippen LogP contribution is -2.52. The van der Waals surface area contributed by atoms with Crippen molar-refractivity contribution in [2.75, 3.05) is 13.1 Å². The molecule has 26 heavy (non-hydrogen) atoms. The number of carbonyl (C=O) groups is 2. The molecule has 0 aliphatic rings. The zero-order chi connectivity index (χ0) is 20.5. The Balaban J connectivity index is 4.95. The van der Waals surface area contributed by atoms with Crippen LogP contribution >= 0.6 is 0 Å². The molecule has 0 aliphatic carbocycles. The third kappa shape index (κ3) is 9.05.